The minimum atomic E-state index is -0.0434. The average Bonchev–Trinajstić information content (AvgIpc) is 3.46. The summed E-state index contributed by atoms with van der Waals surface area (Å²) < 4.78 is 8.79. The van der Waals surface area contributed by atoms with Crippen molar-refractivity contribution >= 4 is 32.6 Å². The second-order valence-electron chi connectivity index (χ2n) is 8.97. The number of benzene rings is 2. The normalized spacial score (nSPS) is 11.6. The number of amides is 1. The Morgan fingerprint density at radius 3 is 2.61 bits per heavy atom. The first-order valence-corrected chi connectivity index (χ1v) is 12.1. The van der Waals surface area contributed by atoms with Crippen LogP contribution in [0.1, 0.15) is 50.0 Å². The van der Waals surface area contributed by atoms with Gasteiger partial charge < -0.3 is 9.30 Å². The Bertz CT molecular complexity index is 1210. The van der Waals surface area contributed by atoms with E-state index in [-0.39, 0.29) is 11.3 Å². The molecule has 0 saturated carbocycles. The number of fused-ring (bicyclic) bond motifs is 1. The van der Waals surface area contributed by atoms with Gasteiger partial charge in [-0.3, -0.25) is 9.69 Å². The van der Waals surface area contributed by atoms with Crippen molar-refractivity contribution in [2.75, 3.05) is 18.1 Å². The van der Waals surface area contributed by atoms with Crippen LogP contribution in [0.15, 0.2) is 61.2 Å². The number of carbonyl (C=O) groups is 1. The lowest BCUT2D eigenvalue weighted by Crippen LogP contribution is -2.32. The summed E-state index contributed by atoms with van der Waals surface area (Å²) in [6, 6.07) is 13.8. The number of para-hydroxylation sites is 1. The van der Waals surface area contributed by atoms with Gasteiger partial charge in [0.2, 0.25) is 0 Å². The van der Waals surface area contributed by atoms with Gasteiger partial charge in [0.05, 0.1) is 17.6 Å². The maximum absolute atomic E-state index is 13.6. The lowest BCUT2D eigenvalue weighted by atomic mass is 9.86. The first-order valence-electron chi connectivity index (χ1n) is 11.3. The standard InChI is InChI=1S/C26H30N4O2S/c1-5-32-21-8-6-9-22-23(21)28-25(33-22)30(16-7-15-29-17-14-27-18-29)24(31)19-10-12-20(13-11-19)26(2,3)4/h6,8-14,17-18H,5,7,15-16H2,1-4H3. The Labute approximate surface area is 198 Å². The van der Waals surface area contributed by atoms with E-state index in [2.05, 4.69) is 25.8 Å². The zero-order valence-corrected chi connectivity index (χ0v) is 20.4. The largest absolute Gasteiger partial charge is 0.492 e. The predicted octanol–water partition coefficient (Wildman–Crippen LogP) is 5.93. The molecule has 0 N–H and O–H groups in total. The fraction of sp³-hybridized carbons (Fsp3) is 0.346. The molecule has 4 aromatic rings. The SMILES string of the molecule is CCOc1cccc2sc(N(CCCn3ccnc3)C(=O)c3ccc(C(C)(C)C)cc3)nc12. The molecule has 4 rings (SSSR count). The smallest absolute Gasteiger partial charge is 0.260 e. The third-order valence-electron chi connectivity index (χ3n) is 5.50. The molecular weight excluding hydrogens is 432 g/mol. The molecular formula is C26H30N4O2S. The highest BCUT2D eigenvalue weighted by molar-refractivity contribution is 7.22. The third-order valence-corrected chi connectivity index (χ3v) is 6.55. The minimum Gasteiger partial charge on any atom is -0.492 e. The number of aromatic nitrogens is 3. The van der Waals surface area contributed by atoms with Crippen molar-refractivity contribution in [3.8, 4) is 5.75 Å². The van der Waals surface area contributed by atoms with Crippen molar-refractivity contribution in [2.24, 2.45) is 0 Å². The zero-order valence-electron chi connectivity index (χ0n) is 19.6. The van der Waals surface area contributed by atoms with Crippen LogP contribution in [-0.4, -0.2) is 33.6 Å². The van der Waals surface area contributed by atoms with Gasteiger partial charge in [-0.2, -0.15) is 0 Å². The van der Waals surface area contributed by atoms with Gasteiger partial charge in [-0.1, -0.05) is 50.3 Å². The van der Waals surface area contributed by atoms with Crippen molar-refractivity contribution in [1.82, 2.24) is 14.5 Å². The molecule has 2 aromatic carbocycles. The van der Waals surface area contributed by atoms with Gasteiger partial charge in [-0.25, -0.2) is 9.97 Å². The monoisotopic (exact) mass is 462 g/mol. The molecule has 172 valence electrons. The Morgan fingerprint density at radius 1 is 1.15 bits per heavy atom. The van der Waals surface area contributed by atoms with Crippen LogP contribution in [0, 0.1) is 0 Å². The van der Waals surface area contributed by atoms with E-state index < -0.39 is 0 Å². The Kier molecular flexibility index (Phi) is 6.79. The quantitative estimate of drug-likeness (QED) is 0.326. The minimum absolute atomic E-state index is 0.0365. The summed E-state index contributed by atoms with van der Waals surface area (Å²) in [6.07, 6.45) is 6.28. The van der Waals surface area contributed by atoms with Crippen molar-refractivity contribution in [2.45, 2.75) is 46.1 Å². The zero-order chi connectivity index (χ0) is 23.4. The average molecular weight is 463 g/mol. The maximum atomic E-state index is 13.6. The van der Waals surface area contributed by atoms with Gasteiger partial charge in [0.15, 0.2) is 5.13 Å². The molecule has 0 saturated heterocycles. The lowest BCUT2D eigenvalue weighted by Gasteiger charge is -2.22. The molecule has 0 aliphatic heterocycles. The number of hydrogen-bond acceptors (Lipinski definition) is 5. The number of aryl methyl sites for hydroxylation is 1. The van der Waals surface area contributed by atoms with E-state index in [1.165, 1.54) is 16.9 Å². The lowest BCUT2D eigenvalue weighted by molar-refractivity contribution is 0.0986. The van der Waals surface area contributed by atoms with Crippen LogP contribution in [-0.2, 0) is 12.0 Å². The van der Waals surface area contributed by atoms with Gasteiger partial charge in [0, 0.05) is 31.0 Å². The number of ether oxygens (including phenoxy) is 1. The molecule has 0 aliphatic carbocycles. The van der Waals surface area contributed by atoms with Crippen LogP contribution >= 0.6 is 11.3 Å². The molecule has 2 aromatic heterocycles. The first-order chi connectivity index (χ1) is 15.9. The van der Waals surface area contributed by atoms with E-state index in [0.29, 0.717) is 23.8 Å². The second kappa shape index (κ2) is 9.75. The van der Waals surface area contributed by atoms with Crippen LogP contribution in [0.5, 0.6) is 5.75 Å². The van der Waals surface area contributed by atoms with Crippen LogP contribution in [0.2, 0.25) is 0 Å². The summed E-state index contributed by atoms with van der Waals surface area (Å²) in [5, 5.41) is 0.688. The van der Waals surface area contributed by atoms with Gasteiger partial charge >= 0.3 is 0 Å². The van der Waals surface area contributed by atoms with Crippen LogP contribution < -0.4 is 9.64 Å². The number of carbonyl (C=O) groups excluding carboxylic acids is 1. The highest BCUT2D eigenvalue weighted by Gasteiger charge is 2.23. The maximum Gasteiger partial charge on any atom is 0.260 e. The molecule has 0 unspecified atom stereocenters. The van der Waals surface area contributed by atoms with Crippen LogP contribution in [0.4, 0.5) is 5.13 Å². The highest BCUT2D eigenvalue weighted by atomic mass is 32.1. The Morgan fingerprint density at radius 2 is 1.94 bits per heavy atom. The number of thiazole rings is 1. The number of nitrogens with zero attached hydrogens (tertiary/aromatic N) is 4. The van der Waals surface area contributed by atoms with E-state index in [1.54, 1.807) is 17.4 Å². The summed E-state index contributed by atoms with van der Waals surface area (Å²) in [6.45, 7) is 10.4. The first kappa shape index (κ1) is 23.0. The highest BCUT2D eigenvalue weighted by Crippen LogP contribution is 2.35. The molecule has 0 aliphatic rings. The molecule has 0 fully saturated rings. The van der Waals surface area contributed by atoms with Crippen molar-refractivity contribution in [3.05, 3.63) is 72.3 Å². The fourth-order valence-corrected chi connectivity index (χ4v) is 4.69. The Hall–Kier alpha value is -3.19. The molecule has 1 amide bonds. The van der Waals surface area contributed by atoms with Crippen LogP contribution in [0.25, 0.3) is 10.2 Å². The second-order valence-corrected chi connectivity index (χ2v) is 9.98. The van der Waals surface area contributed by atoms with E-state index in [4.69, 9.17) is 9.72 Å². The number of imidazole rings is 1. The molecule has 33 heavy (non-hydrogen) atoms. The van der Waals surface area contributed by atoms with E-state index in [1.807, 2.05) is 60.2 Å². The van der Waals surface area contributed by atoms with E-state index >= 15 is 0 Å². The van der Waals surface area contributed by atoms with E-state index in [0.717, 1.165) is 28.9 Å². The van der Waals surface area contributed by atoms with Gasteiger partial charge in [-0.05, 0) is 48.6 Å². The molecule has 2 heterocycles. The molecule has 0 atom stereocenters. The number of rotatable bonds is 8. The topological polar surface area (TPSA) is 60.2 Å². The van der Waals surface area contributed by atoms with Crippen LogP contribution in [0.3, 0.4) is 0 Å². The number of anilines is 1. The fourth-order valence-electron chi connectivity index (χ4n) is 3.68. The molecule has 0 radical (unpaired) electrons. The summed E-state index contributed by atoms with van der Waals surface area (Å²) in [7, 11) is 0. The third kappa shape index (κ3) is 5.25. The Balaban J connectivity index is 1.64. The van der Waals surface area contributed by atoms with Gasteiger partial charge in [-0.15, -0.1) is 0 Å². The molecule has 0 bridgehead atoms. The summed E-state index contributed by atoms with van der Waals surface area (Å²) in [4.78, 5) is 24.4. The summed E-state index contributed by atoms with van der Waals surface area (Å²) in [5.74, 6) is 0.705. The summed E-state index contributed by atoms with van der Waals surface area (Å²) in [5.41, 5.74) is 2.70. The van der Waals surface area contributed by atoms with Gasteiger partial charge in [0.1, 0.15) is 11.3 Å². The molecule has 7 heteroatoms. The van der Waals surface area contributed by atoms with Gasteiger partial charge in [0.25, 0.3) is 5.91 Å². The van der Waals surface area contributed by atoms with Crippen molar-refractivity contribution in [3.63, 3.8) is 0 Å². The van der Waals surface area contributed by atoms with E-state index in [9.17, 15) is 4.79 Å². The van der Waals surface area contributed by atoms with Crippen molar-refractivity contribution in [1.29, 1.82) is 0 Å². The number of hydrogen-bond donors (Lipinski definition) is 0. The molecule has 0 spiro atoms. The predicted molar refractivity (Wildman–Crippen MR) is 134 cm³/mol. The molecule has 6 nitrogen and oxygen atoms in total. The van der Waals surface area contributed by atoms with Crippen molar-refractivity contribution < 1.29 is 9.53 Å². The summed E-state index contributed by atoms with van der Waals surface area (Å²) >= 11 is 1.52.